The van der Waals surface area contributed by atoms with Crippen molar-refractivity contribution in [2.45, 2.75) is 58.7 Å². The van der Waals surface area contributed by atoms with E-state index in [2.05, 4.69) is 40.4 Å². The van der Waals surface area contributed by atoms with Crippen molar-refractivity contribution >= 4 is 35.4 Å². The fourth-order valence-corrected chi connectivity index (χ4v) is 7.18. The third-order valence-corrected chi connectivity index (χ3v) is 9.19. The van der Waals surface area contributed by atoms with E-state index in [0.717, 1.165) is 50.0 Å². The molecule has 3 aliphatic heterocycles. The van der Waals surface area contributed by atoms with Crippen molar-refractivity contribution in [1.29, 1.82) is 0 Å². The summed E-state index contributed by atoms with van der Waals surface area (Å²) < 4.78 is 4.11. The predicted molar refractivity (Wildman–Crippen MR) is 158 cm³/mol. The number of likely N-dealkylation sites (tertiary alicyclic amines) is 1. The monoisotopic (exact) mass is 568 g/mol. The summed E-state index contributed by atoms with van der Waals surface area (Å²) in [7, 11) is 3.82. The van der Waals surface area contributed by atoms with Crippen LogP contribution in [-0.4, -0.2) is 86.7 Å². The van der Waals surface area contributed by atoms with Crippen LogP contribution in [0.5, 0.6) is 0 Å². The van der Waals surface area contributed by atoms with Crippen LogP contribution >= 0.6 is 0 Å². The number of rotatable bonds is 4. The summed E-state index contributed by atoms with van der Waals surface area (Å²) in [5.74, 6) is 0.463. The maximum Gasteiger partial charge on any atom is 0.276 e. The van der Waals surface area contributed by atoms with E-state index in [0.29, 0.717) is 54.7 Å². The van der Waals surface area contributed by atoms with Gasteiger partial charge in [0.1, 0.15) is 17.2 Å². The summed E-state index contributed by atoms with van der Waals surface area (Å²) in [6, 6.07) is 5.80. The SMILES string of the molecule is CN1CCn2nc(N=C3CC(c4ccnc(N5CCn6c(cc7c6CC(C)(C)C7)C5=O)c4C=O)CN(C)C3=O)cc2C1. The number of nitrogens with zero attached hydrogens (tertiary/aromatic N) is 8. The highest BCUT2D eigenvalue weighted by Gasteiger charge is 2.38. The number of hydrogen-bond acceptors (Lipinski definition) is 7. The Morgan fingerprint density at radius 1 is 1.05 bits per heavy atom. The number of aliphatic imine (C=N–C) groups is 1. The fourth-order valence-electron chi connectivity index (χ4n) is 7.18. The lowest BCUT2D eigenvalue weighted by molar-refractivity contribution is -0.124. The fraction of sp³-hybridized carbons (Fsp3) is 0.484. The Morgan fingerprint density at radius 3 is 2.69 bits per heavy atom. The molecule has 42 heavy (non-hydrogen) atoms. The number of amides is 2. The topological polar surface area (TPSA) is 109 Å². The lowest BCUT2D eigenvalue weighted by Crippen LogP contribution is -2.43. The highest BCUT2D eigenvalue weighted by atomic mass is 16.2. The molecule has 11 nitrogen and oxygen atoms in total. The number of hydrogen-bond donors (Lipinski definition) is 0. The minimum absolute atomic E-state index is 0.131. The van der Waals surface area contributed by atoms with E-state index < -0.39 is 0 Å². The van der Waals surface area contributed by atoms with Crippen molar-refractivity contribution in [3.8, 4) is 0 Å². The van der Waals surface area contributed by atoms with Gasteiger partial charge in [0.15, 0.2) is 12.1 Å². The first kappa shape index (κ1) is 26.8. The Morgan fingerprint density at radius 2 is 1.88 bits per heavy atom. The number of anilines is 1. The van der Waals surface area contributed by atoms with Crippen molar-refractivity contribution in [1.82, 2.24) is 29.1 Å². The second-order valence-corrected chi connectivity index (χ2v) is 13.0. The number of piperidine rings is 1. The molecule has 1 fully saturated rings. The Bertz CT molecular complexity index is 1660. The summed E-state index contributed by atoms with van der Waals surface area (Å²) >= 11 is 0. The number of aromatic nitrogens is 4. The number of carbonyl (C=O) groups is 3. The summed E-state index contributed by atoms with van der Waals surface area (Å²) in [5, 5.41) is 4.62. The number of pyridine rings is 1. The maximum atomic E-state index is 13.8. The number of carbonyl (C=O) groups excluding carboxylic acids is 3. The Balaban J connectivity index is 1.19. The van der Waals surface area contributed by atoms with Crippen molar-refractivity contribution in [3.05, 3.63) is 58.2 Å². The van der Waals surface area contributed by atoms with Gasteiger partial charge in [-0.15, -0.1) is 0 Å². The first-order chi connectivity index (χ1) is 20.1. The van der Waals surface area contributed by atoms with Crippen LogP contribution < -0.4 is 4.90 Å². The van der Waals surface area contributed by atoms with E-state index in [4.69, 9.17) is 4.99 Å². The van der Waals surface area contributed by atoms with E-state index in [-0.39, 0.29) is 23.1 Å². The molecular formula is C31H36N8O3. The van der Waals surface area contributed by atoms with Gasteiger partial charge in [-0.05, 0) is 48.6 Å². The number of likely N-dealkylation sites (N-methyl/N-ethyl adjacent to an activating group) is 2. The minimum Gasteiger partial charge on any atom is -0.340 e. The Hall–Kier alpha value is -4.12. The standard InChI is InChI=1S/C31H36N8O3/c1-31(2)14-19-12-25-30(42)38(9-8-37(25)26(19)15-31)28-23(18-40)22(5-6-32-28)20-11-24(29(41)36(4)16-20)33-27-13-21-17-35(3)7-10-39(21)34-27/h5-6,12-13,18,20H,7-11,14-17H2,1-4H3. The first-order valence-corrected chi connectivity index (χ1v) is 14.7. The molecular weight excluding hydrogens is 532 g/mol. The van der Waals surface area contributed by atoms with Crippen molar-refractivity contribution in [3.63, 3.8) is 0 Å². The molecule has 1 aliphatic carbocycles. The van der Waals surface area contributed by atoms with E-state index >= 15 is 0 Å². The van der Waals surface area contributed by atoms with Crippen molar-refractivity contribution in [2.75, 3.05) is 38.6 Å². The maximum absolute atomic E-state index is 13.8. The van der Waals surface area contributed by atoms with Crippen LogP contribution in [0.25, 0.3) is 0 Å². The number of fused-ring (bicyclic) bond motifs is 4. The highest BCUT2D eigenvalue weighted by Crippen LogP contribution is 2.40. The molecule has 218 valence electrons. The number of aldehydes is 1. The van der Waals surface area contributed by atoms with Gasteiger partial charge in [0.25, 0.3) is 11.8 Å². The molecule has 2 amide bonds. The van der Waals surface area contributed by atoms with Gasteiger partial charge in [-0.25, -0.2) is 9.98 Å². The van der Waals surface area contributed by atoms with Gasteiger partial charge < -0.3 is 9.47 Å². The molecule has 3 aromatic rings. The third-order valence-electron chi connectivity index (χ3n) is 9.19. The summed E-state index contributed by atoms with van der Waals surface area (Å²) in [6.45, 7) is 8.56. The summed E-state index contributed by atoms with van der Waals surface area (Å²) in [6.07, 6.45) is 4.75. The van der Waals surface area contributed by atoms with E-state index in [1.54, 1.807) is 23.0 Å². The molecule has 0 saturated carbocycles. The molecule has 0 N–H and O–H groups in total. The largest absolute Gasteiger partial charge is 0.340 e. The molecule has 1 saturated heterocycles. The van der Waals surface area contributed by atoms with Crippen molar-refractivity contribution in [2.24, 2.45) is 10.4 Å². The van der Waals surface area contributed by atoms with Gasteiger partial charge in [0.2, 0.25) is 0 Å². The van der Waals surface area contributed by atoms with Crippen LogP contribution in [0.3, 0.4) is 0 Å². The van der Waals surface area contributed by atoms with Crippen LogP contribution in [0.1, 0.15) is 69.5 Å². The molecule has 1 unspecified atom stereocenters. The molecule has 3 aromatic heterocycles. The van der Waals surface area contributed by atoms with Gasteiger partial charge in [0, 0.05) is 70.1 Å². The third kappa shape index (κ3) is 4.38. The quantitative estimate of drug-likeness (QED) is 0.448. The normalized spacial score (nSPS) is 22.9. The average Bonchev–Trinajstić information content (AvgIpc) is 3.60. The Kier molecular flexibility index (Phi) is 6.19. The zero-order valence-electron chi connectivity index (χ0n) is 24.6. The van der Waals surface area contributed by atoms with Crippen LogP contribution in [0, 0.1) is 5.41 Å². The zero-order valence-corrected chi connectivity index (χ0v) is 24.6. The van der Waals surface area contributed by atoms with Gasteiger partial charge in [-0.3, -0.25) is 28.9 Å². The lowest BCUT2D eigenvalue weighted by atomic mass is 9.87. The molecule has 0 spiro atoms. The van der Waals surface area contributed by atoms with E-state index in [9.17, 15) is 14.4 Å². The van der Waals surface area contributed by atoms with Crippen LogP contribution in [0.2, 0.25) is 0 Å². The van der Waals surface area contributed by atoms with E-state index in [1.807, 2.05) is 22.9 Å². The van der Waals surface area contributed by atoms with Crippen LogP contribution in [0.4, 0.5) is 11.6 Å². The average molecular weight is 569 g/mol. The van der Waals surface area contributed by atoms with Crippen molar-refractivity contribution < 1.29 is 14.4 Å². The predicted octanol–water partition coefficient (Wildman–Crippen LogP) is 2.84. The molecule has 1 atom stereocenters. The van der Waals surface area contributed by atoms with Gasteiger partial charge in [-0.2, -0.15) is 5.10 Å². The Labute approximate surface area is 244 Å². The molecule has 0 aromatic carbocycles. The van der Waals surface area contributed by atoms with Gasteiger partial charge >= 0.3 is 0 Å². The van der Waals surface area contributed by atoms with E-state index in [1.165, 1.54) is 11.3 Å². The van der Waals surface area contributed by atoms with Gasteiger partial charge in [0.05, 0.1) is 17.8 Å². The first-order valence-electron chi connectivity index (χ1n) is 14.7. The smallest absolute Gasteiger partial charge is 0.276 e. The highest BCUT2D eigenvalue weighted by molar-refractivity contribution is 6.40. The molecule has 11 heteroatoms. The summed E-state index contributed by atoms with van der Waals surface area (Å²) in [4.78, 5) is 54.3. The second kappa shape index (κ2) is 9.72. The lowest BCUT2D eigenvalue weighted by Gasteiger charge is -2.33. The second-order valence-electron chi connectivity index (χ2n) is 13.0. The molecule has 0 bridgehead atoms. The summed E-state index contributed by atoms with van der Waals surface area (Å²) in [5.41, 5.74) is 6.03. The van der Waals surface area contributed by atoms with Crippen LogP contribution in [-0.2, 0) is 37.3 Å². The van der Waals surface area contributed by atoms with Gasteiger partial charge in [-0.1, -0.05) is 13.8 Å². The molecule has 6 heterocycles. The minimum atomic E-state index is -0.174. The molecule has 7 rings (SSSR count). The van der Waals surface area contributed by atoms with Crippen LogP contribution in [0.15, 0.2) is 29.4 Å². The molecule has 0 radical (unpaired) electrons. The molecule has 4 aliphatic rings. The zero-order chi connectivity index (χ0) is 29.3.